The third kappa shape index (κ3) is 5.17. The number of carbonyl (C=O) groups excluding carboxylic acids is 1. The summed E-state index contributed by atoms with van der Waals surface area (Å²) in [6, 6.07) is 15.3. The number of nitrogens with zero attached hydrogens (tertiary/aromatic N) is 3. The van der Waals surface area contributed by atoms with Gasteiger partial charge < -0.3 is 9.47 Å². The molecule has 9 heteroatoms. The van der Waals surface area contributed by atoms with Crippen LogP contribution in [0, 0.1) is 0 Å². The van der Waals surface area contributed by atoms with E-state index in [1.165, 1.54) is 5.56 Å². The molecule has 0 radical (unpaired) electrons. The summed E-state index contributed by atoms with van der Waals surface area (Å²) in [5.74, 6) is -0.195. The van der Waals surface area contributed by atoms with Gasteiger partial charge in [-0.05, 0) is 46.5 Å². The zero-order valence-electron chi connectivity index (χ0n) is 17.9. The standard InChI is InChI=1S/C23H24N4O3S2/c1-26(14-18-9-11-31-15-18)23(28)20-12-19(25-32(2,29)30)13-21-22(20)27(16-24-21)10-8-17-6-4-3-5-7-17/h3-7,9,11-13,15-16,25H,8,10,14H2,1-2H3. The molecular formula is C23H24N4O3S2. The molecule has 0 aliphatic heterocycles. The number of rotatable bonds is 8. The molecule has 0 aliphatic rings. The maximum atomic E-state index is 13.4. The molecule has 1 amide bonds. The number of fused-ring (bicyclic) bond motifs is 1. The van der Waals surface area contributed by atoms with E-state index in [2.05, 4.69) is 21.8 Å². The van der Waals surface area contributed by atoms with Gasteiger partial charge in [-0.15, -0.1) is 0 Å². The molecule has 0 fully saturated rings. The van der Waals surface area contributed by atoms with E-state index in [0.717, 1.165) is 18.2 Å². The van der Waals surface area contributed by atoms with Crippen LogP contribution in [0.25, 0.3) is 11.0 Å². The van der Waals surface area contributed by atoms with E-state index in [0.29, 0.717) is 35.4 Å². The average molecular weight is 469 g/mol. The van der Waals surface area contributed by atoms with Gasteiger partial charge in [0.2, 0.25) is 10.0 Å². The molecule has 4 aromatic rings. The molecule has 4 rings (SSSR count). The normalized spacial score (nSPS) is 11.6. The monoisotopic (exact) mass is 468 g/mol. The van der Waals surface area contributed by atoms with Crippen molar-refractivity contribution in [1.29, 1.82) is 0 Å². The van der Waals surface area contributed by atoms with Crippen molar-refractivity contribution in [1.82, 2.24) is 14.5 Å². The van der Waals surface area contributed by atoms with E-state index < -0.39 is 10.0 Å². The number of hydrogen-bond acceptors (Lipinski definition) is 5. The van der Waals surface area contributed by atoms with Crippen LogP contribution >= 0.6 is 11.3 Å². The smallest absolute Gasteiger partial charge is 0.256 e. The lowest BCUT2D eigenvalue weighted by Gasteiger charge is -2.19. The fourth-order valence-corrected chi connectivity index (χ4v) is 4.85. The summed E-state index contributed by atoms with van der Waals surface area (Å²) >= 11 is 1.58. The number of benzene rings is 2. The minimum absolute atomic E-state index is 0.195. The molecule has 2 aromatic heterocycles. The summed E-state index contributed by atoms with van der Waals surface area (Å²) in [7, 11) is -1.75. The first-order chi connectivity index (χ1) is 15.3. The molecular weight excluding hydrogens is 444 g/mol. The van der Waals surface area contributed by atoms with Gasteiger partial charge in [0.1, 0.15) is 0 Å². The van der Waals surface area contributed by atoms with E-state index in [1.54, 1.807) is 41.7 Å². The Morgan fingerprint density at radius 2 is 1.94 bits per heavy atom. The molecule has 1 N–H and O–H groups in total. The van der Waals surface area contributed by atoms with Crippen LogP contribution in [-0.4, -0.2) is 42.1 Å². The Morgan fingerprint density at radius 3 is 2.62 bits per heavy atom. The molecule has 0 spiro atoms. The summed E-state index contributed by atoms with van der Waals surface area (Å²) in [6.45, 7) is 1.11. The lowest BCUT2D eigenvalue weighted by Crippen LogP contribution is -2.27. The van der Waals surface area contributed by atoms with Crippen molar-refractivity contribution in [2.45, 2.75) is 19.5 Å². The number of imidazole rings is 1. The molecule has 0 atom stereocenters. The van der Waals surface area contributed by atoms with E-state index in [1.807, 2.05) is 39.6 Å². The molecule has 0 saturated heterocycles. The third-order valence-corrected chi connectivity index (χ3v) is 6.42. The second-order valence-electron chi connectivity index (χ2n) is 7.73. The van der Waals surface area contributed by atoms with Crippen molar-refractivity contribution in [3.8, 4) is 0 Å². The number of sulfonamides is 1. The van der Waals surface area contributed by atoms with Crippen LogP contribution in [0.15, 0.2) is 65.6 Å². The molecule has 166 valence electrons. The second-order valence-corrected chi connectivity index (χ2v) is 10.3. The van der Waals surface area contributed by atoms with Gasteiger partial charge >= 0.3 is 0 Å². The van der Waals surface area contributed by atoms with Gasteiger partial charge in [0.15, 0.2) is 0 Å². The fraction of sp³-hybridized carbons (Fsp3) is 0.217. The van der Waals surface area contributed by atoms with Gasteiger partial charge in [0, 0.05) is 20.1 Å². The Morgan fingerprint density at radius 1 is 1.16 bits per heavy atom. The van der Waals surface area contributed by atoms with Crippen LogP contribution in [0.5, 0.6) is 0 Å². The predicted molar refractivity (Wildman–Crippen MR) is 128 cm³/mol. The lowest BCUT2D eigenvalue weighted by atomic mass is 10.1. The number of aromatic nitrogens is 2. The maximum Gasteiger partial charge on any atom is 0.256 e. The molecule has 32 heavy (non-hydrogen) atoms. The van der Waals surface area contributed by atoms with E-state index in [-0.39, 0.29) is 5.91 Å². The summed E-state index contributed by atoms with van der Waals surface area (Å²) < 4.78 is 28.0. The van der Waals surface area contributed by atoms with E-state index in [9.17, 15) is 13.2 Å². The average Bonchev–Trinajstić information content (AvgIpc) is 3.40. The second kappa shape index (κ2) is 9.13. The summed E-state index contributed by atoms with van der Waals surface area (Å²) in [4.78, 5) is 19.5. The Labute approximate surface area is 191 Å². The van der Waals surface area contributed by atoms with E-state index in [4.69, 9.17) is 0 Å². The fourth-order valence-electron chi connectivity index (χ4n) is 3.64. The number of carbonyl (C=O) groups is 1. The Hall–Kier alpha value is -3.17. The number of aryl methyl sites for hydroxylation is 2. The number of thiophene rings is 1. The topological polar surface area (TPSA) is 84.3 Å². The summed E-state index contributed by atoms with van der Waals surface area (Å²) in [6.07, 6.45) is 3.57. The highest BCUT2D eigenvalue weighted by molar-refractivity contribution is 7.92. The molecule has 0 aliphatic carbocycles. The molecule has 0 bridgehead atoms. The van der Waals surface area contributed by atoms with Gasteiger partial charge in [-0.25, -0.2) is 13.4 Å². The van der Waals surface area contributed by atoms with Crippen LogP contribution in [0.4, 0.5) is 5.69 Å². The van der Waals surface area contributed by atoms with Gasteiger partial charge in [-0.3, -0.25) is 9.52 Å². The number of anilines is 1. The highest BCUT2D eigenvalue weighted by Gasteiger charge is 2.21. The minimum atomic E-state index is -3.50. The molecule has 0 unspecified atom stereocenters. The Kier molecular flexibility index (Phi) is 6.29. The van der Waals surface area contributed by atoms with Gasteiger partial charge in [-0.1, -0.05) is 30.3 Å². The predicted octanol–water partition coefficient (Wildman–Crippen LogP) is 3.98. The Balaban J connectivity index is 1.72. The first kappa shape index (κ1) is 22.0. The zero-order valence-corrected chi connectivity index (χ0v) is 19.5. The highest BCUT2D eigenvalue weighted by atomic mass is 32.2. The SMILES string of the molecule is CN(Cc1ccsc1)C(=O)c1cc(NS(C)(=O)=O)cc2ncn(CCc3ccccc3)c12. The lowest BCUT2D eigenvalue weighted by molar-refractivity contribution is 0.0787. The van der Waals surface area contributed by atoms with Crippen molar-refractivity contribution in [2.75, 3.05) is 18.0 Å². The first-order valence-corrected chi connectivity index (χ1v) is 12.9. The maximum absolute atomic E-state index is 13.4. The van der Waals surface area contributed by atoms with Crippen molar-refractivity contribution in [3.05, 3.63) is 82.3 Å². The quantitative estimate of drug-likeness (QED) is 0.424. The molecule has 2 aromatic carbocycles. The largest absolute Gasteiger partial charge is 0.337 e. The highest BCUT2D eigenvalue weighted by Crippen LogP contribution is 2.26. The van der Waals surface area contributed by atoms with Crippen LogP contribution in [0.3, 0.4) is 0 Å². The molecule has 2 heterocycles. The Bertz CT molecular complexity index is 1330. The van der Waals surface area contributed by atoms with E-state index >= 15 is 0 Å². The first-order valence-electron chi connectivity index (χ1n) is 10.1. The van der Waals surface area contributed by atoms with Crippen molar-refractivity contribution in [3.63, 3.8) is 0 Å². The van der Waals surface area contributed by atoms with Crippen molar-refractivity contribution in [2.24, 2.45) is 0 Å². The number of hydrogen-bond donors (Lipinski definition) is 1. The van der Waals surface area contributed by atoms with Crippen LogP contribution < -0.4 is 4.72 Å². The van der Waals surface area contributed by atoms with Gasteiger partial charge in [0.25, 0.3) is 5.91 Å². The zero-order chi connectivity index (χ0) is 22.7. The van der Waals surface area contributed by atoms with Gasteiger partial charge in [0.05, 0.1) is 34.9 Å². The number of nitrogens with one attached hydrogen (secondary N) is 1. The van der Waals surface area contributed by atoms with Gasteiger partial charge in [-0.2, -0.15) is 11.3 Å². The molecule has 7 nitrogen and oxygen atoms in total. The number of amides is 1. The van der Waals surface area contributed by atoms with Crippen molar-refractivity contribution >= 4 is 44.0 Å². The molecule has 0 saturated carbocycles. The van der Waals surface area contributed by atoms with Crippen LogP contribution in [0.2, 0.25) is 0 Å². The van der Waals surface area contributed by atoms with Crippen molar-refractivity contribution < 1.29 is 13.2 Å². The third-order valence-electron chi connectivity index (χ3n) is 5.08. The van der Waals surface area contributed by atoms with Crippen LogP contribution in [-0.2, 0) is 29.5 Å². The summed E-state index contributed by atoms with van der Waals surface area (Å²) in [5, 5.41) is 3.98. The van der Waals surface area contributed by atoms with Crippen LogP contribution in [0.1, 0.15) is 21.5 Å². The minimum Gasteiger partial charge on any atom is -0.337 e. The summed E-state index contributed by atoms with van der Waals surface area (Å²) in [5.41, 5.74) is 4.23.